The van der Waals surface area contributed by atoms with Crippen molar-refractivity contribution < 1.29 is 4.74 Å². The Kier molecular flexibility index (Phi) is 6.32. The molecule has 2 atom stereocenters. The van der Waals surface area contributed by atoms with Gasteiger partial charge in [0.05, 0.1) is 13.2 Å². The molecular weight excluding hydrogens is 244 g/mol. The van der Waals surface area contributed by atoms with Gasteiger partial charge in [-0.1, -0.05) is 68.2 Å². The Morgan fingerprint density at radius 2 is 1.95 bits per heavy atom. The zero-order valence-electron chi connectivity index (χ0n) is 13.0. The Labute approximate surface area is 124 Å². The van der Waals surface area contributed by atoms with Crippen LogP contribution in [0.15, 0.2) is 42.0 Å². The SMILES string of the molecule is CCCCCC1C=C(C)CC1COCc1ccccc1. The monoisotopic (exact) mass is 272 g/mol. The largest absolute Gasteiger partial charge is 0.376 e. The first-order valence-electron chi connectivity index (χ1n) is 8.08. The van der Waals surface area contributed by atoms with Crippen LogP contribution in [0, 0.1) is 11.8 Å². The van der Waals surface area contributed by atoms with E-state index in [0.717, 1.165) is 19.1 Å². The van der Waals surface area contributed by atoms with Crippen molar-refractivity contribution in [2.45, 2.75) is 52.6 Å². The lowest BCUT2D eigenvalue weighted by Gasteiger charge is -2.19. The van der Waals surface area contributed by atoms with Crippen molar-refractivity contribution in [3.63, 3.8) is 0 Å². The quantitative estimate of drug-likeness (QED) is 0.457. The smallest absolute Gasteiger partial charge is 0.0717 e. The molecule has 0 bridgehead atoms. The molecule has 1 aliphatic rings. The summed E-state index contributed by atoms with van der Waals surface area (Å²) in [6, 6.07) is 10.5. The van der Waals surface area contributed by atoms with Crippen molar-refractivity contribution in [3.8, 4) is 0 Å². The highest BCUT2D eigenvalue weighted by Crippen LogP contribution is 2.34. The number of hydrogen-bond acceptors (Lipinski definition) is 1. The molecule has 0 N–H and O–H groups in total. The maximum absolute atomic E-state index is 5.96. The summed E-state index contributed by atoms with van der Waals surface area (Å²) in [5, 5.41) is 0. The van der Waals surface area contributed by atoms with Gasteiger partial charge in [0.1, 0.15) is 0 Å². The number of allylic oxidation sites excluding steroid dienone is 2. The normalized spacial score (nSPS) is 22.0. The van der Waals surface area contributed by atoms with Gasteiger partial charge in [0, 0.05) is 0 Å². The van der Waals surface area contributed by atoms with E-state index in [2.05, 4.69) is 50.3 Å². The molecule has 1 aliphatic carbocycles. The van der Waals surface area contributed by atoms with E-state index in [1.54, 1.807) is 5.57 Å². The summed E-state index contributed by atoms with van der Waals surface area (Å²) in [5.74, 6) is 1.45. The molecule has 0 heterocycles. The van der Waals surface area contributed by atoms with Gasteiger partial charge in [0.15, 0.2) is 0 Å². The molecule has 110 valence electrons. The summed E-state index contributed by atoms with van der Waals surface area (Å²) in [7, 11) is 0. The maximum atomic E-state index is 5.96. The summed E-state index contributed by atoms with van der Waals surface area (Å²) < 4.78 is 5.96. The third-order valence-electron chi connectivity index (χ3n) is 4.27. The van der Waals surface area contributed by atoms with E-state index < -0.39 is 0 Å². The average molecular weight is 272 g/mol. The minimum Gasteiger partial charge on any atom is -0.376 e. The highest BCUT2D eigenvalue weighted by atomic mass is 16.5. The van der Waals surface area contributed by atoms with Crippen molar-refractivity contribution in [2.75, 3.05) is 6.61 Å². The Hall–Kier alpha value is -1.08. The van der Waals surface area contributed by atoms with Gasteiger partial charge in [0.25, 0.3) is 0 Å². The highest BCUT2D eigenvalue weighted by Gasteiger charge is 2.25. The minimum atomic E-state index is 0.704. The van der Waals surface area contributed by atoms with Crippen LogP contribution in [0.1, 0.15) is 51.5 Å². The van der Waals surface area contributed by atoms with Gasteiger partial charge < -0.3 is 4.74 Å². The third kappa shape index (κ3) is 4.79. The maximum Gasteiger partial charge on any atom is 0.0717 e. The second-order valence-electron chi connectivity index (χ2n) is 6.14. The first kappa shape index (κ1) is 15.3. The number of ether oxygens (including phenoxy) is 1. The molecule has 1 nitrogen and oxygen atoms in total. The van der Waals surface area contributed by atoms with Gasteiger partial charge >= 0.3 is 0 Å². The molecule has 1 aromatic carbocycles. The van der Waals surface area contributed by atoms with Crippen LogP contribution in [0.5, 0.6) is 0 Å². The zero-order valence-corrected chi connectivity index (χ0v) is 13.0. The molecule has 0 aromatic heterocycles. The van der Waals surface area contributed by atoms with Crippen LogP contribution >= 0.6 is 0 Å². The lowest BCUT2D eigenvalue weighted by Crippen LogP contribution is -2.15. The molecule has 1 aromatic rings. The van der Waals surface area contributed by atoms with E-state index in [1.165, 1.54) is 37.7 Å². The van der Waals surface area contributed by atoms with Crippen LogP contribution in [0.25, 0.3) is 0 Å². The summed E-state index contributed by atoms with van der Waals surface area (Å²) >= 11 is 0. The van der Waals surface area contributed by atoms with Gasteiger partial charge in [0.2, 0.25) is 0 Å². The zero-order chi connectivity index (χ0) is 14.2. The van der Waals surface area contributed by atoms with Crippen LogP contribution < -0.4 is 0 Å². The molecule has 1 heteroatoms. The van der Waals surface area contributed by atoms with E-state index in [1.807, 2.05) is 0 Å². The van der Waals surface area contributed by atoms with Crippen molar-refractivity contribution in [1.82, 2.24) is 0 Å². The van der Waals surface area contributed by atoms with Crippen molar-refractivity contribution in [1.29, 1.82) is 0 Å². The summed E-state index contributed by atoms with van der Waals surface area (Å²) in [5.41, 5.74) is 2.83. The Morgan fingerprint density at radius 3 is 2.70 bits per heavy atom. The van der Waals surface area contributed by atoms with E-state index in [-0.39, 0.29) is 0 Å². The Balaban J connectivity index is 1.73. The molecular formula is C19H28O. The predicted octanol–water partition coefficient (Wildman–Crippen LogP) is 5.37. The first-order valence-corrected chi connectivity index (χ1v) is 8.08. The van der Waals surface area contributed by atoms with Crippen molar-refractivity contribution in [3.05, 3.63) is 47.5 Å². The molecule has 0 saturated carbocycles. The van der Waals surface area contributed by atoms with Crippen LogP contribution in [0.3, 0.4) is 0 Å². The fraction of sp³-hybridized carbons (Fsp3) is 0.579. The number of benzene rings is 1. The molecule has 2 rings (SSSR count). The fourth-order valence-corrected chi connectivity index (χ4v) is 3.17. The Morgan fingerprint density at radius 1 is 1.15 bits per heavy atom. The number of rotatable bonds is 8. The average Bonchev–Trinajstić information content (AvgIpc) is 2.81. The van der Waals surface area contributed by atoms with E-state index >= 15 is 0 Å². The lowest BCUT2D eigenvalue weighted by molar-refractivity contribution is 0.0754. The molecule has 0 amide bonds. The first-order chi connectivity index (χ1) is 9.79. The van der Waals surface area contributed by atoms with E-state index in [9.17, 15) is 0 Å². The lowest BCUT2D eigenvalue weighted by atomic mass is 9.91. The van der Waals surface area contributed by atoms with Crippen LogP contribution in [0.4, 0.5) is 0 Å². The molecule has 20 heavy (non-hydrogen) atoms. The molecule has 2 unspecified atom stereocenters. The molecule has 0 aliphatic heterocycles. The fourth-order valence-electron chi connectivity index (χ4n) is 3.17. The predicted molar refractivity (Wildman–Crippen MR) is 85.6 cm³/mol. The topological polar surface area (TPSA) is 9.23 Å². The second-order valence-corrected chi connectivity index (χ2v) is 6.14. The molecule has 0 saturated heterocycles. The summed E-state index contributed by atoms with van der Waals surface area (Å²) in [6.07, 6.45) is 9.09. The molecule has 0 radical (unpaired) electrons. The van der Waals surface area contributed by atoms with Gasteiger partial charge in [-0.05, 0) is 37.2 Å². The highest BCUT2D eigenvalue weighted by molar-refractivity contribution is 5.14. The standard InChI is InChI=1S/C19H28O/c1-3-4-6-11-18-12-16(2)13-19(18)15-20-14-17-9-7-5-8-10-17/h5,7-10,12,18-19H,3-4,6,11,13-15H2,1-2H3. The van der Waals surface area contributed by atoms with Gasteiger partial charge in [-0.3, -0.25) is 0 Å². The van der Waals surface area contributed by atoms with Crippen molar-refractivity contribution in [2.24, 2.45) is 11.8 Å². The van der Waals surface area contributed by atoms with E-state index in [4.69, 9.17) is 4.74 Å². The summed E-state index contributed by atoms with van der Waals surface area (Å²) in [4.78, 5) is 0. The Bertz CT molecular complexity index is 407. The van der Waals surface area contributed by atoms with Gasteiger partial charge in [-0.25, -0.2) is 0 Å². The van der Waals surface area contributed by atoms with Gasteiger partial charge in [-0.15, -0.1) is 0 Å². The second kappa shape index (κ2) is 8.26. The van der Waals surface area contributed by atoms with Crippen molar-refractivity contribution >= 4 is 0 Å². The number of hydrogen-bond donors (Lipinski definition) is 0. The van der Waals surface area contributed by atoms with E-state index in [0.29, 0.717) is 5.92 Å². The molecule has 0 fully saturated rings. The van der Waals surface area contributed by atoms with Crippen LogP contribution in [0.2, 0.25) is 0 Å². The van der Waals surface area contributed by atoms with Gasteiger partial charge in [-0.2, -0.15) is 0 Å². The van der Waals surface area contributed by atoms with Crippen LogP contribution in [-0.2, 0) is 11.3 Å². The minimum absolute atomic E-state index is 0.704. The summed E-state index contributed by atoms with van der Waals surface area (Å²) in [6.45, 7) is 6.19. The third-order valence-corrected chi connectivity index (χ3v) is 4.27. The van der Waals surface area contributed by atoms with Crippen LogP contribution in [-0.4, -0.2) is 6.61 Å². The number of unbranched alkanes of at least 4 members (excludes halogenated alkanes) is 2. The molecule has 0 spiro atoms.